The van der Waals surface area contributed by atoms with E-state index in [0.29, 0.717) is 5.16 Å². The van der Waals surface area contributed by atoms with E-state index in [0.717, 1.165) is 49.7 Å². The standard InChI is InChI=1S/C12H12FN5O2S/c13-7-5-9(11(19)20)10(14-6-7)21-12-15-16-17-18(12)8-3-1-2-4-8/h5-6,8H,1-4H2,(H,19,20). The molecule has 1 fully saturated rings. The summed E-state index contributed by atoms with van der Waals surface area (Å²) in [5, 5.41) is 21.3. The number of hydrogen-bond acceptors (Lipinski definition) is 6. The summed E-state index contributed by atoms with van der Waals surface area (Å²) in [6.45, 7) is 0. The number of aromatic carboxylic acids is 1. The molecule has 0 spiro atoms. The van der Waals surface area contributed by atoms with Crippen molar-refractivity contribution in [1.82, 2.24) is 25.2 Å². The maximum absolute atomic E-state index is 13.1. The molecule has 0 bridgehead atoms. The van der Waals surface area contributed by atoms with Gasteiger partial charge in [-0.05, 0) is 41.1 Å². The highest BCUT2D eigenvalue weighted by atomic mass is 32.2. The van der Waals surface area contributed by atoms with Crippen LogP contribution in [0.2, 0.25) is 0 Å². The molecule has 0 radical (unpaired) electrons. The number of aromatic nitrogens is 5. The molecule has 21 heavy (non-hydrogen) atoms. The zero-order chi connectivity index (χ0) is 14.8. The van der Waals surface area contributed by atoms with Crippen molar-refractivity contribution in [3.05, 3.63) is 23.6 Å². The third-order valence-corrected chi connectivity index (χ3v) is 4.34. The first-order chi connectivity index (χ1) is 10.1. The van der Waals surface area contributed by atoms with Crippen molar-refractivity contribution in [2.45, 2.75) is 41.9 Å². The minimum absolute atomic E-state index is 0.179. The van der Waals surface area contributed by atoms with Gasteiger partial charge in [0.05, 0.1) is 17.8 Å². The molecule has 0 aromatic carbocycles. The van der Waals surface area contributed by atoms with Gasteiger partial charge in [-0.1, -0.05) is 12.8 Å². The van der Waals surface area contributed by atoms with Gasteiger partial charge in [0.15, 0.2) is 0 Å². The van der Waals surface area contributed by atoms with Gasteiger partial charge in [-0.25, -0.2) is 18.9 Å². The third-order valence-electron chi connectivity index (χ3n) is 3.37. The van der Waals surface area contributed by atoms with Gasteiger partial charge < -0.3 is 5.11 Å². The van der Waals surface area contributed by atoms with Gasteiger partial charge in [0.25, 0.3) is 0 Å². The van der Waals surface area contributed by atoms with Crippen LogP contribution in [0.25, 0.3) is 0 Å². The van der Waals surface area contributed by atoms with Crippen molar-refractivity contribution in [2.75, 3.05) is 0 Å². The van der Waals surface area contributed by atoms with E-state index < -0.39 is 11.8 Å². The summed E-state index contributed by atoms with van der Waals surface area (Å²) in [5.74, 6) is -1.92. The Hall–Kier alpha value is -2.03. The van der Waals surface area contributed by atoms with Crippen LogP contribution in [-0.4, -0.2) is 36.3 Å². The number of carbonyl (C=O) groups is 1. The van der Waals surface area contributed by atoms with Gasteiger partial charge in [0.2, 0.25) is 5.16 Å². The summed E-state index contributed by atoms with van der Waals surface area (Å²) in [7, 11) is 0. The normalized spacial score (nSPS) is 15.5. The second kappa shape index (κ2) is 5.76. The fourth-order valence-corrected chi connectivity index (χ4v) is 3.27. The molecule has 1 aliphatic rings. The van der Waals surface area contributed by atoms with Crippen LogP contribution in [0.3, 0.4) is 0 Å². The molecular formula is C12H12FN5O2S. The quantitative estimate of drug-likeness (QED) is 0.925. The Balaban J connectivity index is 1.91. The summed E-state index contributed by atoms with van der Waals surface area (Å²) in [5.41, 5.74) is -0.194. The SMILES string of the molecule is O=C(O)c1cc(F)cnc1Sc1nnnn1C1CCCC1. The van der Waals surface area contributed by atoms with Crippen LogP contribution in [0.15, 0.2) is 22.4 Å². The van der Waals surface area contributed by atoms with Crippen LogP contribution >= 0.6 is 11.8 Å². The van der Waals surface area contributed by atoms with Crippen LogP contribution in [0.4, 0.5) is 4.39 Å². The van der Waals surface area contributed by atoms with E-state index >= 15 is 0 Å². The minimum Gasteiger partial charge on any atom is -0.478 e. The fraction of sp³-hybridized carbons (Fsp3) is 0.417. The van der Waals surface area contributed by atoms with Crippen molar-refractivity contribution in [3.63, 3.8) is 0 Å². The summed E-state index contributed by atoms with van der Waals surface area (Å²) < 4.78 is 14.8. The number of carboxylic acid groups (broad SMARTS) is 1. The maximum Gasteiger partial charge on any atom is 0.338 e. The lowest BCUT2D eigenvalue weighted by molar-refractivity contribution is 0.0691. The Morgan fingerprint density at radius 1 is 1.43 bits per heavy atom. The molecule has 0 unspecified atom stereocenters. The Bertz CT molecular complexity index is 671. The van der Waals surface area contributed by atoms with Gasteiger partial charge in [-0.15, -0.1) is 5.10 Å². The second-order valence-electron chi connectivity index (χ2n) is 4.76. The van der Waals surface area contributed by atoms with Gasteiger partial charge in [0, 0.05) is 0 Å². The lowest BCUT2D eigenvalue weighted by Gasteiger charge is -2.11. The molecule has 2 aromatic rings. The summed E-state index contributed by atoms with van der Waals surface area (Å²) in [6, 6.07) is 1.18. The van der Waals surface area contributed by atoms with Crippen molar-refractivity contribution < 1.29 is 14.3 Å². The Morgan fingerprint density at radius 3 is 2.90 bits per heavy atom. The number of carboxylic acids is 1. The summed E-state index contributed by atoms with van der Waals surface area (Å²) in [4.78, 5) is 15.0. The van der Waals surface area contributed by atoms with E-state index in [9.17, 15) is 9.18 Å². The molecule has 1 aliphatic carbocycles. The summed E-state index contributed by atoms with van der Waals surface area (Å²) in [6.07, 6.45) is 5.24. The summed E-state index contributed by atoms with van der Waals surface area (Å²) >= 11 is 1.04. The maximum atomic E-state index is 13.1. The van der Waals surface area contributed by atoms with Crippen LogP contribution in [-0.2, 0) is 0 Å². The van der Waals surface area contributed by atoms with Crippen molar-refractivity contribution in [3.8, 4) is 0 Å². The minimum atomic E-state index is -1.23. The molecule has 9 heteroatoms. The number of hydrogen-bond donors (Lipinski definition) is 1. The molecule has 2 aromatic heterocycles. The van der Waals surface area contributed by atoms with E-state index in [2.05, 4.69) is 20.5 Å². The lowest BCUT2D eigenvalue weighted by Crippen LogP contribution is -2.09. The van der Waals surface area contributed by atoms with Gasteiger partial charge in [0.1, 0.15) is 10.8 Å². The highest BCUT2D eigenvalue weighted by molar-refractivity contribution is 7.99. The highest BCUT2D eigenvalue weighted by Crippen LogP contribution is 2.34. The molecule has 3 rings (SSSR count). The molecule has 0 atom stereocenters. The van der Waals surface area contributed by atoms with Crippen molar-refractivity contribution in [1.29, 1.82) is 0 Å². The van der Waals surface area contributed by atoms with Crippen LogP contribution in [0.1, 0.15) is 42.1 Å². The average Bonchev–Trinajstić information content (AvgIpc) is 3.11. The number of pyridine rings is 1. The zero-order valence-electron chi connectivity index (χ0n) is 10.9. The van der Waals surface area contributed by atoms with E-state index in [1.165, 1.54) is 0 Å². The molecule has 1 saturated carbocycles. The van der Waals surface area contributed by atoms with Crippen LogP contribution in [0.5, 0.6) is 0 Å². The molecule has 0 amide bonds. The molecule has 0 saturated heterocycles. The van der Waals surface area contributed by atoms with Crippen LogP contribution in [0, 0.1) is 5.82 Å². The van der Waals surface area contributed by atoms with E-state index in [-0.39, 0.29) is 16.6 Å². The highest BCUT2D eigenvalue weighted by Gasteiger charge is 2.23. The first kappa shape index (κ1) is 13.9. The van der Waals surface area contributed by atoms with Crippen molar-refractivity contribution >= 4 is 17.7 Å². The van der Waals surface area contributed by atoms with E-state index in [1.54, 1.807) is 4.68 Å². The van der Waals surface area contributed by atoms with Crippen LogP contribution < -0.4 is 0 Å². The molecular weight excluding hydrogens is 297 g/mol. The second-order valence-corrected chi connectivity index (χ2v) is 5.71. The Morgan fingerprint density at radius 2 is 2.19 bits per heavy atom. The average molecular weight is 309 g/mol. The molecule has 1 N–H and O–H groups in total. The largest absolute Gasteiger partial charge is 0.478 e. The van der Waals surface area contributed by atoms with Gasteiger partial charge in [-0.3, -0.25) is 0 Å². The van der Waals surface area contributed by atoms with Crippen molar-refractivity contribution in [2.24, 2.45) is 0 Å². The number of nitrogens with zero attached hydrogens (tertiary/aromatic N) is 5. The first-order valence-corrected chi connectivity index (χ1v) is 7.31. The molecule has 2 heterocycles. The monoisotopic (exact) mass is 309 g/mol. The molecule has 7 nitrogen and oxygen atoms in total. The number of halogens is 1. The number of tetrazole rings is 1. The lowest BCUT2D eigenvalue weighted by atomic mass is 10.3. The number of rotatable bonds is 4. The Kier molecular flexibility index (Phi) is 3.82. The molecule has 110 valence electrons. The van der Waals surface area contributed by atoms with Gasteiger partial charge >= 0.3 is 5.97 Å². The Labute approximate surface area is 123 Å². The zero-order valence-corrected chi connectivity index (χ0v) is 11.8. The predicted molar refractivity (Wildman–Crippen MR) is 70.6 cm³/mol. The topological polar surface area (TPSA) is 93.8 Å². The van der Waals surface area contributed by atoms with E-state index in [4.69, 9.17) is 5.11 Å². The molecule has 0 aliphatic heterocycles. The smallest absolute Gasteiger partial charge is 0.338 e. The fourth-order valence-electron chi connectivity index (χ4n) is 2.38. The first-order valence-electron chi connectivity index (χ1n) is 6.49. The van der Waals surface area contributed by atoms with E-state index in [1.807, 2.05) is 0 Å². The predicted octanol–water partition coefficient (Wildman–Crippen LogP) is 2.17. The third kappa shape index (κ3) is 2.87. The van der Waals surface area contributed by atoms with Gasteiger partial charge in [-0.2, -0.15) is 0 Å².